The van der Waals surface area contributed by atoms with Crippen LogP contribution in [0.3, 0.4) is 0 Å². The van der Waals surface area contributed by atoms with Crippen LogP contribution in [0.2, 0.25) is 0 Å². The molecule has 0 saturated heterocycles. The number of nitrogens with zero attached hydrogens (tertiary/aromatic N) is 2. The summed E-state index contributed by atoms with van der Waals surface area (Å²) in [5.41, 5.74) is 8.08. The maximum absolute atomic E-state index is 5.83. The van der Waals surface area contributed by atoms with Gasteiger partial charge in [0.05, 0.1) is 18.5 Å². The lowest BCUT2D eigenvalue weighted by Crippen LogP contribution is -2.20. The van der Waals surface area contributed by atoms with E-state index in [9.17, 15) is 0 Å². The molecule has 1 aromatic carbocycles. The lowest BCUT2D eigenvalue weighted by Gasteiger charge is -2.08. The maximum Gasteiger partial charge on any atom is 0.121 e. The molecule has 1 fully saturated rings. The standard InChI is InChI=1S/C14H17N3O/c1-18-12-4-2-3-11(9-12)17-8-5-13(16-17)14(10-15)6-7-14/h2-5,8-9H,6-7,10,15H2,1H3. The summed E-state index contributed by atoms with van der Waals surface area (Å²) >= 11 is 0. The molecule has 2 N–H and O–H groups in total. The molecule has 94 valence electrons. The SMILES string of the molecule is COc1cccc(-n2ccc(C3(CN)CC3)n2)c1. The molecule has 1 heterocycles. The Kier molecular flexibility index (Phi) is 2.59. The highest BCUT2D eigenvalue weighted by Gasteiger charge is 2.44. The molecule has 1 aliphatic rings. The topological polar surface area (TPSA) is 53.1 Å². The quantitative estimate of drug-likeness (QED) is 0.892. The van der Waals surface area contributed by atoms with E-state index in [4.69, 9.17) is 10.5 Å². The van der Waals surface area contributed by atoms with E-state index >= 15 is 0 Å². The highest BCUT2D eigenvalue weighted by atomic mass is 16.5. The largest absolute Gasteiger partial charge is 0.497 e. The van der Waals surface area contributed by atoms with Crippen LogP contribution in [0.25, 0.3) is 5.69 Å². The lowest BCUT2D eigenvalue weighted by molar-refractivity contribution is 0.414. The molecule has 0 spiro atoms. The second-order valence-corrected chi connectivity index (χ2v) is 4.83. The Labute approximate surface area is 106 Å². The van der Waals surface area contributed by atoms with Crippen LogP contribution in [0.4, 0.5) is 0 Å². The second kappa shape index (κ2) is 4.14. The van der Waals surface area contributed by atoms with E-state index in [0.717, 1.165) is 30.0 Å². The van der Waals surface area contributed by atoms with Gasteiger partial charge in [0.1, 0.15) is 5.75 Å². The van der Waals surface area contributed by atoms with Crippen molar-refractivity contribution in [3.63, 3.8) is 0 Å². The Bertz CT molecular complexity index is 558. The number of hydrogen-bond donors (Lipinski definition) is 1. The number of aromatic nitrogens is 2. The molecule has 0 aliphatic heterocycles. The number of nitrogens with two attached hydrogens (primary N) is 1. The Morgan fingerprint density at radius 2 is 2.22 bits per heavy atom. The van der Waals surface area contributed by atoms with Crippen molar-refractivity contribution in [3.05, 3.63) is 42.2 Å². The van der Waals surface area contributed by atoms with Gasteiger partial charge in [-0.15, -0.1) is 0 Å². The first kappa shape index (κ1) is 11.3. The summed E-state index contributed by atoms with van der Waals surface area (Å²) in [7, 11) is 1.67. The van der Waals surface area contributed by atoms with Crippen LogP contribution in [0.1, 0.15) is 18.5 Å². The van der Waals surface area contributed by atoms with Crippen molar-refractivity contribution in [3.8, 4) is 11.4 Å². The molecular weight excluding hydrogens is 226 g/mol. The average molecular weight is 243 g/mol. The molecule has 3 rings (SSSR count). The number of rotatable bonds is 4. The van der Waals surface area contributed by atoms with E-state index in [0.29, 0.717) is 6.54 Å². The minimum atomic E-state index is 0.143. The van der Waals surface area contributed by atoms with E-state index in [1.165, 1.54) is 0 Å². The fourth-order valence-corrected chi connectivity index (χ4v) is 2.22. The number of benzene rings is 1. The van der Waals surface area contributed by atoms with Gasteiger partial charge < -0.3 is 10.5 Å². The highest BCUT2D eigenvalue weighted by Crippen LogP contribution is 2.46. The van der Waals surface area contributed by atoms with Crippen molar-refractivity contribution in [2.45, 2.75) is 18.3 Å². The van der Waals surface area contributed by atoms with E-state index < -0.39 is 0 Å². The summed E-state index contributed by atoms with van der Waals surface area (Å²) in [5.74, 6) is 0.838. The lowest BCUT2D eigenvalue weighted by atomic mass is 10.0. The molecule has 1 aromatic heterocycles. The van der Waals surface area contributed by atoms with Gasteiger partial charge in [0.15, 0.2) is 0 Å². The third kappa shape index (κ3) is 1.78. The molecule has 0 unspecified atom stereocenters. The molecule has 1 aliphatic carbocycles. The van der Waals surface area contributed by atoms with Crippen molar-refractivity contribution >= 4 is 0 Å². The van der Waals surface area contributed by atoms with Crippen LogP contribution in [0, 0.1) is 0 Å². The van der Waals surface area contributed by atoms with Gasteiger partial charge in [-0.2, -0.15) is 5.10 Å². The van der Waals surface area contributed by atoms with E-state index in [1.807, 2.05) is 35.1 Å². The number of hydrogen-bond acceptors (Lipinski definition) is 3. The Hall–Kier alpha value is -1.81. The summed E-state index contributed by atoms with van der Waals surface area (Å²) in [6.07, 6.45) is 4.29. The smallest absolute Gasteiger partial charge is 0.121 e. The Morgan fingerprint density at radius 3 is 2.89 bits per heavy atom. The van der Waals surface area contributed by atoms with Gasteiger partial charge in [-0.25, -0.2) is 4.68 Å². The maximum atomic E-state index is 5.83. The van der Waals surface area contributed by atoms with Crippen molar-refractivity contribution in [1.82, 2.24) is 9.78 Å². The fourth-order valence-electron chi connectivity index (χ4n) is 2.22. The average Bonchev–Trinajstić information content (AvgIpc) is 3.08. The molecule has 0 amide bonds. The van der Waals surface area contributed by atoms with Crippen LogP contribution in [0.15, 0.2) is 36.5 Å². The van der Waals surface area contributed by atoms with Gasteiger partial charge >= 0.3 is 0 Å². The minimum Gasteiger partial charge on any atom is -0.497 e. The fraction of sp³-hybridized carbons (Fsp3) is 0.357. The predicted molar refractivity (Wildman–Crippen MR) is 70.1 cm³/mol. The van der Waals surface area contributed by atoms with Gasteiger partial charge in [-0.3, -0.25) is 0 Å². The van der Waals surface area contributed by atoms with Crippen LogP contribution >= 0.6 is 0 Å². The predicted octanol–water partition coefficient (Wildman–Crippen LogP) is 1.87. The van der Waals surface area contributed by atoms with Gasteiger partial charge in [0.25, 0.3) is 0 Å². The number of ether oxygens (including phenoxy) is 1. The van der Waals surface area contributed by atoms with Crippen LogP contribution < -0.4 is 10.5 Å². The van der Waals surface area contributed by atoms with Crippen LogP contribution in [-0.4, -0.2) is 23.4 Å². The monoisotopic (exact) mass is 243 g/mol. The molecular formula is C14H17N3O. The second-order valence-electron chi connectivity index (χ2n) is 4.83. The molecule has 1 saturated carbocycles. The zero-order valence-corrected chi connectivity index (χ0v) is 10.5. The first-order valence-corrected chi connectivity index (χ1v) is 6.18. The minimum absolute atomic E-state index is 0.143. The number of methoxy groups -OCH3 is 1. The molecule has 0 radical (unpaired) electrons. The van der Waals surface area contributed by atoms with Crippen molar-refractivity contribution in [2.24, 2.45) is 5.73 Å². The van der Waals surface area contributed by atoms with Crippen molar-refractivity contribution < 1.29 is 4.74 Å². The van der Waals surface area contributed by atoms with Crippen molar-refractivity contribution in [1.29, 1.82) is 0 Å². The van der Waals surface area contributed by atoms with E-state index in [2.05, 4.69) is 11.2 Å². The first-order valence-electron chi connectivity index (χ1n) is 6.18. The molecule has 0 bridgehead atoms. The summed E-state index contributed by atoms with van der Waals surface area (Å²) in [6.45, 7) is 0.683. The molecule has 18 heavy (non-hydrogen) atoms. The first-order chi connectivity index (χ1) is 8.77. The summed E-state index contributed by atoms with van der Waals surface area (Å²) in [6, 6.07) is 9.95. The van der Waals surface area contributed by atoms with Crippen LogP contribution in [0.5, 0.6) is 5.75 Å². The van der Waals surface area contributed by atoms with E-state index in [1.54, 1.807) is 7.11 Å². The van der Waals surface area contributed by atoms with Crippen LogP contribution in [-0.2, 0) is 5.41 Å². The van der Waals surface area contributed by atoms with E-state index in [-0.39, 0.29) is 5.41 Å². The Balaban J connectivity index is 1.93. The van der Waals surface area contributed by atoms with Gasteiger partial charge in [0, 0.05) is 24.2 Å². The highest BCUT2D eigenvalue weighted by molar-refractivity contribution is 5.39. The van der Waals surface area contributed by atoms with Gasteiger partial charge in [-0.05, 0) is 31.0 Å². The zero-order valence-electron chi connectivity index (χ0n) is 10.5. The van der Waals surface area contributed by atoms with Gasteiger partial charge in [0.2, 0.25) is 0 Å². The summed E-state index contributed by atoms with van der Waals surface area (Å²) < 4.78 is 7.11. The normalized spacial score (nSPS) is 16.6. The third-order valence-corrected chi connectivity index (χ3v) is 3.69. The molecule has 4 heteroatoms. The van der Waals surface area contributed by atoms with Gasteiger partial charge in [-0.1, -0.05) is 6.07 Å². The van der Waals surface area contributed by atoms with Crippen molar-refractivity contribution in [2.75, 3.05) is 13.7 Å². The third-order valence-electron chi connectivity index (χ3n) is 3.69. The zero-order chi connectivity index (χ0) is 12.6. The molecule has 0 atom stereocenters. The molecule has 2 aromatic rings. The Morgan fingerprint density at radius 1 is 1.39 bits per heavy atom. The summed E-state index contributed by atoms with van der Waals surface area (Å²) in [4.78, 5) is 0. The summed E-state index contributed by atoms with van der Waals surface area (Å²) in [5, 5.41) is 4.64. The molecule has 4 nitrogen and oxygen atoms in total.